The second-order valence-corrected chi connectivity index (χ2v) is 8.28. The van der Waals surface area contributed by atoms with Gasteiger partial charge in [-0.1, -0.05) is 12.8 Å². The molecule has 1 heterocycles. The first-order valence-electron chi connectivity index (χ1n) is 8.78. The van der Waals surface area contributed by atoms with Crippen molar-refractivity contribution in [3.8, 4) is 5.75 Å². The van der Waals surface area contributed by atoms with Gasteiger partial charge >= 0.3 is 0 Å². The Balaban J connectivity index is 1.63. The Morgan fingerprint density at radius 1 is 1.31 bits per heavy atom. The van der Waals surface area contributed by atoms with E-state index in [0.717, 1.165) is 25.7 Å². The van der Waals surface area contributed by atoms with Gasteiger partial charge in [-0.3, -0.25) is 4.68 Å². The summed E-state index contributed by atoms with van der Waals surface area (Å²) in [6.07, 6.45) is 5.79. The van der Waals surface area contributed by atoms with Crippen LogP contribution in [0, 0.1) is 5.92 Å². The summed E-state index contributed by atoms with van der Waals surface area (Å²) in [5.41, 5.74) is 5.80. The number of benzene rings is 1. The van der Waals surface area contributed by atoms with Crippen LogP contribution >= 0.6 is 0 Å². The predicted octanol–water partition coefficient (Wildman–Crippen LogP) is 1.19. The molecule has 1 atom stereocenters. The van der Waals surface area contributed by atoms with Gasteiger partial charge in [0.25, 0.3) is 0 Å². The molecular formula is C17H25N5O3S. The average Bonchev–Trinajstić information content (AvgIpc) is 3.30. The third-order valence-corrected chi connectivity index (χ3v) is 6.34. The van der Waals surface area contributed by atoms with E-state index in [9.17, 15) is 8.42 Å². The molecule has 1 aromatic carbocycles. The van der Waals surface area contributed by atoms with Crippen LogP contribution < -0.4 is 15.2 Å². The summed E-state index contributed by atoms with van der Waals surface area (Å²) in [6, 6.07) is 6.14. The van der Waals surface area contributed by atoms with Crippen molar-refractivity contribution in [2.45, 2.75) is 43.2 Å². The lowest BCUT2D eigenvalue weighted by atomic mass is 9.99. The van der Waals surface area contributed by atoms with Crippen molar-refractivity contribution in [2.24, 2.45) is 18.7 Å². The molecule has 0 aliphatic heterocycles. The van der Waals surface area contributed by atoms with Gasteiger partial charge < -0.3 is 10.5 Å². The summed E-state index contributed by atoms with van der Waals surface area (Å²) in [5, 5.41) is 3.97. The van der Waals surface area contributed by atoms with Crippen LogP contribution in [0.4, 0.5) is 0 Å². The van der Waals surface area contributed by atoms with Gasteiger partial charge in [-0.25, -0.2) is 18.1 Å². The molecule has 142 valence electrons. The number of rotatable bonds is 8. The third-order valence-electron chi connectivity index (χ3n) is 4.84. The Morgan fingerprint density at radius 3 is 2.58 bits per heavy atom. The van der Waals surface area contributed by atoms with Gasteiger partial charge in [0.2, 0.25) is 10.0 Å². The van der Waals surface area contributed by atoms with Crippen molar-refractivity contribution < 1.29 is 13.2 Å². The van der Waals surface area contributed by atoms with Crippen LogP contribution in [0.1, 0.15) is 31.5 Å². The summed E-state index contributed by atoms with van der Waals surface area (Å²) >= 11 is 0. The first-order chi connectivity index (χ1) is 12.5. The van der Waals surface area contributed by atoms with E-state index in [4.69, 9.17) is 10.5 Å². The maximum atomic E-state index is 12.6. The highest BCUT2D eigenvalue weighted by atomic mass is 32.2. The zero-order valence-electron chi connectivity index (χ0n) is 14.8. The number of nitrogens with zero attached hydrogens (tertiary/aromatic N) is 3. The average molecular weight is 379 g/mol. The number of aromatic nitrogens is 3. The lowest BCUT2D eigenvalue weighted by molar-refractivity contribution is 0.289. The zero-order valence-corrected chi connectivity index (χ0v) is 15.7. The van der Waals surface area contributed by atoms with Crippen LogP contribution in [-0.4, -0.2) is 35.8 Å². The molecule has 3 N–H and O–H groups in total. The topological polar surface area (TPSA) is 112 Å². The van der Waals surface area contributed by atoms with Crippen molar-refractivity contribution in [1.29, 1.82) is 0 Å². The minimum absolute atomic E-state index is 0.208. The molecule has 0 spiro atoms. The maximum absolute atomic E-state index is 12.6. The van der Waals surface area contributed by atoms with Gasteiger partial charge in [-0.15, -0.1) is 0 Å². The molecule has 1 aromatic heterocycles. The third kappa shape index (κ3) is 4.40. The first-order valence-corrected chi connectivity index (χ1v) is 10.3. The van der Waals surface area contributed by atoms with E-state index in [1.165, 1.54) is 18.5 Å². The molecule has 1 aliphatic rings. The van der Waals surface area contributed by atoms with Crippen LogP contribution in [0.15, 0.2) is 35.5 Å². The maximum Gasteiger partial charge on any atom is 0.240 e. The summed E-state index contributed by atoms with van der Waals surface area (Å²) < 4.78 is 35.3. The summed E-state index contributed by atoms with van der Waals surface area (Å²) in [4.78, 5) is 4.28. The highest BCUT2D eigenvalue weighted by molar-refractivity contribution is 7.89. The SMILES string of the molecule is Cn1ncnc1COc1ccc(S(=O)(=O)NC(CN)C2CCCC2)cc1. The van der Waals surface area contributed by atoms with Gasteiger partial charge in [0.05, 0.1) is 4.90 Å². The molecule has 0 amide bonds. The minimum atomic E-state index is -3.60. The summed E-state index contributed by atoms with van der Waals surface area (Å²) in [7, 11) is -1.82. The van der Waals surface area contributed by atoms with Gasteiger partial charge in [0.15, 0.2) is 5.82 Å². The minimum Gasteiger partial charge on any atom is -0.486 e. The summed E-state index contributed by atoms with van der Waals surface area (Å²) in [5.74, 6) is 1.58. The van der Waals surface area contributed by atoms with Crippen LogP contribution in [0.3, 0.4) is 0 Å². The molecular weight excluding hydrogens is 354 g/mol. The van der Waals surface area contributed by atoms with E-state index in [1.807, 2.05) is 0 Å². The van der Waals surface area contributed by atoms with E-state index >= 15 is 0 Å². The molecule has 1 aliphatic carbocycles. The number of aryl methyl sites for hydroxylation is 1. The summed E-state index contributed by atoms with van der Waals surface area (Å²) in [6.45, 7) is 0.570. The van der Waals surface area contributed by atoms with E-state index in [1.54, 1.807) is 23.9 Å². The molecule has 9 heteroatoms. The van der Waals surface area contributed by atoms with Crippen molar-refractivity contribution in [3.63, 3.8) is 0 Å². The van der Waals surface area contributed by atoms with Crippen LogP contribution in [0.5, 0.6) is 5.75 Å². The monoisotopic (exact) mass is 379 g/mol. The fourth-order valence-electron chi connectivity index (χ4n) is 3.28. The number of hydrogen-bond acceptors (Lipinski definition) is 6. The van der Waals surface area contributed by atoms with Gasteiger partial charge in [0, 0.05) is 19.6 Å². The number of sulfonamides is 1. The molecule has 2 aromatic rings. The first kappa shape index (κ1) is 18.8. The fraction of sp³-hybridized carbons (Fsp3) is 0.529. The highest BCUT2D eigenvalue weighted by Crippen LogP contribution is 2.28. The van der Waals surface area contributed by atoms with E-state index in [0.29, 0.717) is 24.0 Å². The lowest BCUT2D eigenvalue weighted by Gasteiger charge is -2.23. The Kier molecular flexibility index (Phi) is 5.90. The Labute approximate surface area is 153 Å². The number of ether oxygens (including phenoxy) is 1. The van der Waals surface area contributed by atoms with Crippen molar-refractivity contribution in [2.75, 3.05) is 6.54 Å². The highest BCUT2D eigenvalue weighted by Gasteiger charge is 2.28. The molecule has 0 saturated heterocycles. The second-order valence-electron chi connectivity index (χ2n) is 6.57. The standard InChI is InChI=1S/C17H25N5O3S/c1-22-17(19-12-20-22)11-25-14-6-8-15(9-7-14)26(23,24)21-16(10-18)13-4-2-3-5-13/h6-9,12-13,16,21H,2-5,10-11,18H2,1H3. The largest absolute Gasteiger partial charge is 0.486 e. The fourth-order valence-corrected chi connectivity index (χ4v) is 4.60. The molecule has 1 fully saturated rings. The molecule has 0 bridgehead atoms. The normalized spacial score (nSPS) is 16.7. The van der Waals surface area contributed by atoms with Gasteiger partial charge in [-0.05, 0) is 43.0 Å². The molecule has 26 heavy (non-hydrogen) atoms. The Hall–Kier alpha value is -1.97. The van der Waals surface area contributed by atoms with Crippen LogP contribution in [0.25, 0.3) is 0 Å². The Morgan fingerprint density at radius 2 is 2.00 bits per heavy atom. The lowest BCUT2D eigenvalue weighted by Crippen LogP contribution is -2.44. The number of nitrogens with one attached hydrogen (secondary N) is 1. The van der Waals surface area contributed by atoms with Crippen molar-refractivity contribution in [1.82, 2.24) is 19.5 Å². The second kappa shape index (κ2) is 8.15. The molecule has 3 rings (SSSR count). The van der Waals surface area contributed by atoms with Gasteiger partial charge in [-0.2, -0.15) is 5.10 Å². The molecule has 8 nitrogen and oxygen atoms in total. The van der Waals surface area contributed by atoms with E-state index in [2.05, 4.69) is 14.8 Å². The molecule has 1 saturated carbocycles. The molecule has 0 radical (unpaired) electrons. The van der Waals surface area contributed by atoms with E-state index in [-0.39, 0.29) is 17.5 Å². The quantitative estimate of drug-likeness (QED) is 0.712. The van der Waals surface area contributed by atoms with Gasteiger partial charge in [0.1, 0.15) is 18.7 Å². The van der Waals surface area contributed by atoms with Crippen molar-refractivity contribution in [3.05, 3.63) is 36.4 Å². The predicted molar refractivity (Wildman–Crippen MR) is 96.9 cm³/mol. The Bertz CT molecular complexity index is 813. The van der Waals surface area contributed by atoms with Crippen molar-refractivity contribution >= 4 is 10.0 Å². The zero-order chi connectivity index (χ0) is 18.6. The number of nitrogens with two attached hydrogens (primary N) is 1. The molecule has 1 unspecified atom stereocenters. The van der Waals surface area contributed by atoms with Crippen LogP contribution in [0.2, 0.25) is 0 Å². The number of hydrogen-bond donors (Lipinski definition) is 2. The van der Waals surface area contributed by atoms with E-state index < -0.39 is 10.0 Å². The smallest absolute Gasteiger partial charge is 0.240 e. The van der Waals surface area contributed by atoms with Crippen LogP contribution in [-0.2, 0) is 23.7 Å².